The van der Waals surface area contributed by atoms with Crippen LogP contribution in [0.5, 0.6) is 0 Å². The van der Waals surface area contributed by atoms with Crippen LogP contribution in [0.1, 0.15) is 36.7 Å². The summed E-state index contributed by atoms with van der Waals surface area (Å²) >= 11 is 0. The Hall–Kier alpha value is -1.38. The predicted molar refractivity (Wildman–Crippen MR) is 77.4 cm³/mol. The minimum Gasteiger partial charge on any atom is -0.376 e. The number of nitrogens with zero attached hydrogens (tertiary/aromatic N) is 1. The molecule has 118 valence electrons. The van der Waals surface area contributed by atoms with Crippen molar-refractivity contribution >= 4 is 15.9 Å². The van der Waals surface area contributed by atoms with Gasteiger partial charge in [-0.15, -0.1) is 0 Å². The zero-order chi connectivity index (χ0) is 15.7. The van der Waals surface area contributed by atoms with Crippen LogP contribution in [0.25, 0.3) is 0 Å². The van der Waals surface area contributed by atoms with E-state index >= 15 is 0 Å². The lowest BCUT2D eigenvalue weighted by molar-refractivity contribution is -0.0679. The molecule has 0 aromatic carbocycles. The molecule has 0 atom stereocenters. The van der Waals surface area contributed by atoms with Crippen LogP contribution in [-0.4, -0.2) is 38.1 Å². The fraction of sp³-hybridized carbons (Fsp3) is 0.615. The van der Waals surface area contributed by atoms with Crippen molar-refractivity contribution in [3.63, 3.8) is 0 Å². The molecule has 1 heterocycles. The average molecular weight is 315 g/mol. The first-order valence-corrected chi connectivity index (χ1v) is 8.42. The van der Waals surface area contributed by atoms with Crippen LogP contribution in [0.4, 0.5) is 0 Å². The lowest BCUT2D eigenvalue weighted by Crippen LogP contribution is -2.49. The Bertz CT molecular complexity index is 626. The van der Waals surface area contributed by atoms with Crippen molar-refractivity contribution in [2.24, 2.45) is 5.14 Å². The number of ether oxygens (including phenoxy) is 1. The van der Waals surface area contributed by atoms with Gasteiger partial charge in [0.2, 0.25) is 10.0 Å². The molecule has 1 aliphatic rings. The number of sulfonamides is 1. The Kier molecular flexibility index (Phi) is 4.40. The maximum Gasteiger partial charge on any atom is 0.268 e. The molecule has 1 aromatic heterocycles. The molecule has 7 nitrogen and oxygen atoms in total. The zero-order valence-corrected chi connectivity index (χ0v) is 13.1. The Balaban J connectivity index is 2.13. The molecule has 0 bridgehead atoms. The van der Waals surface area contributed by atoms with Gasteiger partial charge in [0.1, 0.15) is 10.6 Å². The first-order chi connectivity index (χ1) is 9.81. The third-order valence-electron chi connectivity index (χ3n) is 4.04. The molecule has 0 radical (unpaired) electrons. The smallest absolute Gasteiger partial charge is 0.268 e. The van der Waals surface area contributed by atoms with E-state index in [9.17, 15) is 13.2 Å². The lowest BCUT2D eigenvalue weighted by Gasteiger charge is -2.40. The van der Waals surface area contributed by atoms with Crippen molar-refractivity contribution in [2.75, 3.05) is 13.7 Å². The summed E-state index contributed by atoms with van der Waals surface area (Å²) in [5, 5.41) is 7.91. The number of methoxy groups -OCH3 is 1. The number of amides is 1. The second kappa shape index (κ2) is 5.78. The molecule has 3 N–H and O–H groups in total. The average Bonchev–Trinajstić information content (AvgIpc) is 2.81. The highest BCUT2D eigenvalue weighted by atomic mass is 32.2. The minimum absolute atomic E-state index is 0.0559. The van der Waals surface area contributed by atoms with Crippen LogP contribution >= 0.6 is 0 Å². The van der Waals surface area contributed by atoms with Crippen molar-refractivity contribution in [2.45, 2.75) is 43.2 Å². The second-order valence-electron chi connectivity index (χ2n) is 5.32. The van der Waals surface area contributed by atoms with Gasteiger partial charge < -0.3 is 14.6 Å². The predicted octanol–water partition coefficient (Wildman–Crippen LogP) is 0.454. The van der Waals surface area contributed by atoms with Crippen molar-refractivity contribution in [3.8, 4) is 0 Å². The van der Waals surface area contributed by atoms with Crippen LogP contribution in [0.15, 0.2) is 17.2 Å². The Morgan fingerprint density at radius 2 is 2.19 bits per heavy atom. The number of rotatable bonds is 6. The molecular formula is C13H21N3O4S. The molecule has 0 aliphatic heterocycles. The molecule has 2 rings (SSSR count). The first-order valence-electron chi connectivity index (χ1n) is 6.88. The maximum absolute atomic E-state index is 12.2. The fourth-order valence-corrected chi connectivity index (χ4v) is 3.00. The molecule has 1 fully saturated rings. The van der Waals surface area contributed by atoms with Crippen LogP contribution in [0.2, 0.25) is 0 Å². The second-order valence-corrected chi connectivity index (χ2v) is 6.88. The molecule has 21 heavy (non-hydrogen) atoms. The fourth-order valence-electron chi connectivity index (χ4n) is 2.45. The van der Waals surface area contributed by atoms with Crippen LogP contribution < -0.4 is 10.5 Å². The van der Waals surface area contributed by atoms with Crippen LogP contribution in [0.3, 0.4) is 0 Å². The molecule has 1 aromatic rings. The van der Waals surface area contributed by atoms with Gasteiger partial charge in [-0.25, -0.2) is 13.6 Å². The molecule has 8 heteroatoms. The van der Waals surface area contributed by atoms with Gasteiger partial charge in [-0.3, -0.25) is 4.79 Å². The summed E-state index contributed by atoms with van der Waals surface area (Å²) in [4.78, 5) is 12.2. The molecule has 1 amide bonds. The van der Waals surface area contributed by atoms with Gasteiger partial charge in [0, 0.05) is 26.4 Å². The lowest BCUT2D eigenvalue weighted by atomic mass is 9.80. The number of carbonyl (C=O) groups excluding carboxylic acids is 1. The summed E-state index contributed by atoms with van der Waals surface area (Å²) < 4.78 is 29.7. The number of primary sulfonamides is 1. The van der Waals surface area contributed by atoms with E-state index in [0.717, 1.165) is 19.3 Å². The van der Waals surface area contributed by atoms with Gasteiger partial charge in [-0.1, -0.05) is 0 Å². The third-order valence-corrected chi connectivity index (χ3v) is 4.92. The van der Waals surface area contributed by atoms with Crippen molar-refractivity contribution in [3.05, 3.63) is 18.0 Å². The number of nitrogens with one attached hydrogen (secondary N) is 1. The van der Waals surface area contributed by atoms with Gasteiger partial charge in [-0.05, 0) is 32.3 Å². The SMILES string of the molecule is CCn1cc(S(N)(=O)=O)cc1C(=O)NCC1(OC)CCC1. The molecule has 0 saturated heterocycles. The normalized spacial score (nSPS) is 17.3. The number of hydrogen-bond acceptors (Lipinski definition) is 4. The first kappa shape index (κ1) is 16.0. The minimum atomic E-state index is -3.82. The van der Waals surface area contributed by atoms with Gasteiger partial charge in [0.25, 0.3) is 5.91 Å². The van der Waals surface area contributed by atoms with E-state index in [-0.39, 0.29) is 22.1 Å². The van der Waals surface area contributed by atoms with Crippen molar-refractivity contribution in [1.29, 1.82) is 0 Å². The molecule has 1 saturated carbocycles. The standard InChI is InChI=1S/C13H21N3O4S/c1-3-16-8-10(21(14,18)19)7-11(16)12(17)15-9-13(20-2)5-4-6-13/h7-8H,3-6,9H2,1-2H3,(H,15,17)(H2,14,18,19). The van der Waals surface area contributed by atoms with Gasteiger partial charge >= 0.3 is 0 Å². The van der Waals surface area contributed by atoms with Crippen molar-refractivity contribution in [1.82, 2.24) is 9.88 Å². The van der Waals surface area contributed by atoms with E-state index in [4.69, 9.17) is 9.88 Å². The quantitative estimate of drug-likeness (QED) is 0.795. The van der Waals surface area contributed by atoms with E-state index in [2.05, 4.69) is 5.32 Å². The van der Waals surface area contributed by atoms with E-state index in [1.165, 1.54) is 12.3 Å². The highest BCUT2D eigenvalue weighted by Gasteiger charge is 2.37. The summed E-state index contributed by atoms with van der Waals surface area (Å²) in [5.41, 5.74) is 0.00863. The molecule has 0 unspecified atom stereocenters. The molecular weight excluding hydrogens is 294 g/mol. The monoisotopic (exact) mass is 315 g/mol. The van der Waals surface area contributed by atoms with Gasteiger partial charge in [0.15, 0.2) is 0 Å². The number of aromatic nitrogens is 1. The van der Waals surface area contributed by atoms with E-state index < -0.39 is 10.0 Å². The Morgan fingerprint density at radius 3 is 2.62 bits per heavy atom. The summed E-state index contributed by atoms with van der Waals surface area (Å²) in [6.45, 7) is 2.72. The van der Waals surface area contributed by atoms with E-state index in [1.807, 2.05) is 6.92 Å². The van der Waals surface area contributed by atoms with Gasteiger partial charge in [-0.2, -0.15) is 0 Å². The molecule has 0 spiro atoms. The maximum atomic E-state index is 12.2. The topological polar surface area (TPSA) is 103 Å². The summed E-state index contributed by atoms with van der Waals surface area (Å²) in [6, 6.07) is 1.30. The van der Waals surface area contributed by atoms with Crippen LogP contribution in [-0.2, 0) is 21.3 Å². The summed E-state index contributed by atoms with van der Waals surface area (Å²) in [6.07, 6.45) is 4.30. The Morgan fingerprint density at radius 1 is 1.52 bits per heavy atom. The number of hydrogen-bond donors (Lipinski definition) is 2. The zero-order valence-electron chi connectivity index (χ0n) is 12.3. The van der Waals surface area contributed by atoms with Crippen molar-refractivity contribution < 1.29 is 17.9 Å². The summed E-state index contributed by atoms with van der Waals surface area (Å²) in [5.74, 6) is -0.324. The third kappa shape index (κ3) is 3.28. The molecule has 1 aliphatic carbocycles. The number of aryl methyl sites for hydroxylation is 1. The van der Waals surface area contributed by atoms with E-state index in [0.29, 0.717) is 13.1 Å². The largest absolute Gasteiger partial charge is 0.376 e. The van der Waals surface area contributed by atoms with E-state index in [1.54, 1.807) is 11.7 Å². The van der Waals surface area contributed by atoms with Crippen LogP contribution in [0, 0.1) is 0 Å². The number of carbonyl (C=O) groups is 1. The highest BCUT2D eigenvalue weighted by molar-refractivity contribution is 7.89. The summed E-state index contributed by atoms with van der Waals surface area (Å²) in [7, 11) is -2.18. The Labute approximate surface area is 124 Å². The van der Waals surface area contributed by atoms with Gasteiger partial charge in [0.05, 0.1) is 5.60 Å². The number of nitrogens with two attached hydrogens (primary N) is 1. The highest BCUT2D eigenvalue weighted by Crippen LogP contribution is 2.34.